The highest BCUT2D eigenvalue weighted by atomic mass is 16.6. The topological polar surface area (TPSA) is 113 Å². The highest BCUT2D eigenvalue weighted by Gasteiger charge is 2.64. The molecule has 44 heavy (non-hydrogen) atoms. The van der Waals surface area contributed by atoms with E-state index in [2.05, 4.69) is 6.92 Å². The predicted octanol–water partition coefficient (Wildman–Crippen LogP) is 7.25. The fourth-order valence-corrected chi connectivity index (χ4v) is 7.61. The molecule has 0 spiro atoms. The molecule has 8 heteroatoms. The Morgan fingerprint density at radius 1 is 0.773 bits per heavy atom. The van der Waals surface area contributed by atoms with Gasteiger partial charge < -0.3 is 14.2 Å². The van der Waals surface area contributed by atoms with Gasteiger partial charge in [-0.2, -0.15) is 0 Å². The number of benzene rings is 1. The predicted molar refractivity (Wildman–Crippen MR) is 164 cm³/mol. The Kier molecular flexibility index (Phi) is 12.6. The van der Waals surface area contributed by atoms with Crippen LogP contribution in [0.5, 0.6) is 0 Å². The van der Waals surface area contributed by atoms with E-state index in [0.29, 0.717) is 11.1 Å². The van der Waals surface area contributed by atoms with Crippen LogP contribution in [0.2, 0.25) is 0 Å². The second kappa shape index (κ2) is 16.3. The second-order valence-electron chi connectivity index (χ2n) is 13.2. The Hall–Kier alpha value is -3.03. The van der Waals surface area contributed by atoms with E-state index in [4.69, 9.17) is 14.2 Å². The van der Waals surface area contributed by atoms with Gasteiger partial charge in [0, 0.05) is 17.8 Å². The van der Waals surface area contributed by atoms with Crippen molar-refractivity contribution in [3.8, 4) is 0 Å². The molecule has 2 heterocycles. The van der Waals surface area contributed by atoms with E-state index in [-0.39, 0.29) is 25.4 Å². The third-order valence-corrected chi connectivity index (χ3v) is 10.2. The maximum Gasteiger partial charge on any atom is 0.321 e. The van der Waals surface area contributed by atoms with Gasteiger partial charge in [0.15, 0.2) is 0 Å². The Morgan fingerprint density at radius 3 is 1.91 bits per heavy atom. The molecule has 0 saturated carbocycles. The summed E-state index contributed by atoms with van der Waals surface area (Å²) in [4.78, 5) is 63.6. The van der Waals surface area contributed by atoms with Crippen molar-refractivity contribution in [2.45, 2.75) is 134 Å². The Labute approximate surface area is 262 Å². The molecule has 0 radical (unpaired) electrons. The number of rotatable bonds is 19. The molecular weight excluding hydrogens is 560 g/mol. The molecule has 3 aliphatic rings. The van der Waals surface area contributed by atoms with Crippen LogP contribution < -0.4 is 0 Å². The van der Waals surface area contributed by atoms with E-state index in [9.17, 15) is 24.0 Å². The van der Waals surface area contributed by atoms with Crippen molar-refractivity contribution in [2.24, 2.45) is 17.8 Å². The zero-order chi connectivity index (χ0) is 31.5. The number of carbonyl (C=O) groups is 5. The first-order valence-corrected chi connectivity index (χ1v) is 17.0. The van der Waals surface area contributed by atoms with Crippen LogP contribution in [-0.2, 0) is 43.6 Å². The lowest BCUT2D eigenvalue weighted by Gasteiger charge is -2.48. The van der Waals surface area contributed by atoms with Gasteiger partial charge in [0.25, 0.3) is 0 Å². The summed E-state index contributed by atoms with van der Waals surface area (Å²) < 4.78 is 15.7. The summed E-state index contributed by atoms with van der Waals surface area (Å²) in [6.07, 6.45) is 18.7. The third-order valence-electron chi connectivity index (χ3n) is 10.2. The van der Waals surface area contributed by atoms with Gasteiger partial charge in [-0.25, -0.2) is 0 Å². The number of esters is 5. The van der Waals surface area contributed by atoms with Gasteiger partial charge in [0.2, 0.25) is 0 Å². The number of hydrogen-bond acceptors (Lipinski definition) is 8. The molecular formula is C36H50O8. The normalized spacial score (nSPS) is 25.9. The highest BCUT2D eigenvalue weighted by molar-refractivity contribution is 6.01. The van der Waals surface area contributed by atoms with Crippen LogP contribution in [0.4, 0.5) is 0 Å². The standard InChI is InChI=1S/C36H50O8/c1-3-4-5-6-7-8-9-10-11-12-13-14-15-16-17-22-29(37)42-24-28-32-31(34(40)44-35(32)41)25-20-18-19-21-26(25)36(28,2)27-23-30(38)43-33(27)39/h18-21,27-28,31-32H,3-17,22-24H2,1-2H3. The van der Waals surface area contributed by atoms with Gasteiger partial charge >= 0.3 is 29.8 Å². The molecule has 8 nitrogen and oxygen atoms in total. The summed E-state index contributed by atoms with van der Waals surface area (Å²) in [5.41, 5.74) is 0.191. The maximum atomic E-state index is 13.0. The number of ether oxygens (including phenoxy) is 3. The van der Waals surface area contributed by atoms with Crippen molar-refractivity contribution in [1.29, 1.82) is 0 Å². The fraction of sp³-hybridized carbons (Fsp3) is 0.694. The minimum atomic E-state index is -1.08. The average Bonchev–Trinajstić information content (AvgIpc) is 3.51. The summed E-state index contributed by atoms with van der Waals surface area (Å²) in [5.74, 6) is -6.40. The van der Waals surface area contributed by atoms with Crippen LogP contribution in [0, 0.1) is 17.8 Å². The summed E-state index contributed by atoms with van der Waals surface area (Å²) in [5, 5.41) is 0. The van der Waals surface area contributed by atoms with Crippen molar-refractivity contribution >= 4 is 29.8 Å². The van der Waals surface area contributed by atoms with Crippen molar-refractivity contribution < 1.29 is 38.2 Å². The van der Waals surface area contributed by atoms with Gasteiger partial charge in [0.05, 0.1) is 30.8 Å². The molecule has 2 fully saturated rings. The van der Waals surface area contributed by atoms with Crippen LogP contribution in [0.3, 0.4) is 0 Å². The molecule has 4 rings (SSSR count). The van der Waals surface area contributed by atoms with Crippen molar-refractivity contribution in [3.05, 3.63) is 35.4 Å². The zero-order valence-electron chi connectivity index (χ0n) is 26.6. The number of hydrogen-bond donors (Lipinski definition) is 0. The lowest BCUT2D eigenvalue weighted by molar-refractivity contribution is -0.159. The number of fused-ring (bicyclic) bond motifs is 3. The highest BCUT2D eigenvalue weighted by Crippen LogP contribution is 2.57. The summed E-state index contributed by atoms with van der Waals surface area (Å²) >= 11 is 0. The van der Waals surface area contributed by atoms with Crippen molar-refractivity contribution in [2.75, 3.05) is 6.61 Å². The summed E-state index contributed by atoms with van der Waals surface area (Å²) in [7, 11) is 0. The molecule has 242 valence electrons. The van der Waals surface area contributed by atoms with Crippen LogP contribution in [0.1, 0.15) is 140 Å². The second-order valence-corrected chi connectivity index (χ2v) is 13.2. The molecule has 5 atom stereocenters. The van der Waals surface area contributed by atoms with Gasteiger partial charge in [-0.05, 0) is 17.5 Å². The van der Waals surface area contributed by atoms with Crippen molar-refractivity contribution in [3.63, 3.8) is 0 Å². The molecule has 0 amide bonds. The van der Waals surface area contributed by atoms with Gasteiger partial charge in [-0.1, -0.05) is 128 Å². The van der Waals surface area contributed by atoms with Crippen LogP contribution in [0.25, 0.3) is 0 Å². The third kappa shape index (κ3) is 7.97. The first kappa shape index (κ1) is 33.9. The SMILES string of the molecule is CCCCCCCCCCCCCCCCCC(=O)OCC1C2C(=O)OC(=O)C2c2ccccc2C1(C)C1CC(=O)OC1=O. The molecule has 2 aliphatic heterocycles. The lowest BCUT2D eigenvalue weighted by Crippen LogP contribution is -2.53. The van der Waals surface area contributed by atoms with E-state index in [0.717, 1.165) is 19.3 Å². The molecule has 1 aromatic rings. The molecule has 1 aromatic carbocycles. The summed E-state index contributed by atoms with van der Waals surface area (Å²) in [6, 6.07) is 7.12. The smallest absolute Gasteiger partial charge is 0.321 e. The number of cyclic esters (lactones) is 4. The number of unbranched alkanes of at least 4 members (excludes halogenated alkanes) is 14. The molecule has 0 aromatic heterocycles. The van der Waals surface area contributed by atoms with Gasteiger partial charge in [0.1, 0.15) is 0 Å². The van der Waals surface area contributed by atoms with Gasteiger partial charge in [-0.3, -0.25) is 24.0 Å². The summed E-state index contributed by atoms with van der Waals surface area (Å²) in [6.45, 7) is 3.89. The molecule has 1 aliphatic carbocycles. The molecule has 5 unspecified atom stereocenters. The van der Waals surface area contributed by atoms with Crippen LogP contribution in [0.15, 0.2) is 24.3 Å². The monoisotopic (exact) mass is 610 g/mol. The van der Waals surface area contributed by atoms with E-state index in [1.165, 1.54) is 77.0 Å². The van der Waals surface area contributed by atoms with Crippen molar-refractivity contribution in [1.82, 2.24) is 0 Å². The molecule has 0 bridgehead atoms. The maximum absolute atomic E-state index is 13.0. The van der Waals surface area contributed by atoms with Crippen LogP contribution in [-0.4, -0.2) is 36.5 Å². The first-order valence-electron chi connectivity index (χ1n) is 17.0. The van der Waals surface area contributed by atoms with Gasteiger partial charge in [-0.15, -0.1) is 0 Å². The Morgan fingerprint density at radius 2 is 1.34 bits per heavy atom. The Balaban J connectivity index is 1.23. The molecule has 0 N–H and O–H groups in total. The van der Waals surface area contributed by atoms with E-state index in [1.807, 2.05) is 6.07 Å². The Bertz CT molecular complexity index is 1170. The quantitative estimate of drug-likeness (QED) is 0.0697. The lowest BCUT2D eigenvalue weighted by atomic mass is 9.52. The minimum absolute atomic E-state index is 0.145. The molecule has 2 saturated heterocycles. The first-order chi connectivity index (χ1) is 21.3. The van der Waals surface area contributed by atoms with E-state index >= 15 is 0 Å². The minimum Gasteiger partial charge on any atom is -0.465 e. The number of carbonyl (C=O) groups excluding carboxylic acids is 5. The fourth-order valence-electron chi connectivity index (χ4n) is 7.61. The van der Waals surface area contributed by atoms with Crippen LogP contribution >= 0.6 is 0 Å². The largest absolute Gasteiger partial charge is 0.465 e. The average molecular weight is 611 g/mol. The van der Waals surface area contributed by atoms with E-state index < -0.39 is 53.0 Å². The zero-order valence-corrected chi connectivity index (χ0v) is 26.6. The van der Waals surface area contributed by atoms with E-state index in [1.54, 1.807) is 25.1 Å².